The highest BCUT2D eigenvalue weighted by Gasteiger charge is 2.09. The van der Waals surface area contributed by atoms with Gasteiger partial charge in [0.25, 0.3) is 5.88 Å². The Kier molecular flexibility index (Phi) is 4.84. The van der Waals surface area contributed by atoms with E-state index in [-0.39, 0.29) is 12.5 Å². The quantitative estimate of drug-likeness (QED) is 0.849. The average molecular weight is 277 g/mol. The van der Waals surface area contributed by atoms with Gasteiger partial charge in [0.15, 0.2) is 0 Å². The van der Waals surface area contributed by atoms with Crippen LogP contribution in [-0.2, 0) is 6.61 Å². The van der Waals surface area contributed by atoms with Crippen molar-refractivity contribution in [3.63, 3.8) is 0 Å². The number of hydrogen-bond donors (Lipinski definition) is 2. The number of nitrogens with one attached hydrogen (secondary N) is 1. The van der Waals surface area contributed by atoms with Gasteiger partial charge in [0, 0.05) is 6.54 Å². The summed E-state index contributed by atoms with van der Waals surface area (Å²) < 4.78 is 19.0. The van der Waals surface area contributed by atoms with Gasteiger partial charge >= 0.3 is 0 Å². The van der Waals surface area contributed by atoms with Gasteiger partial charge in [0.05, 0.1) is 12.8 Å². The van der Waals surface area contributed by atoms with Gasteiger partial charge in [-0.25, -0.2) is 4.98 Å². The van der Waals surface area contributed by atoms with Gasteiger partial charge in [-0.05, 0) is 24.1 Å². The van der Waals surface area contributed by atoms with E-state index in [0.29, 0.717) is 18.2 Å². The first-order valence-electron chi connectivity index (χ1n) is 6.37. The molecular formula is C14H16FN3O2. The number of aromatic nitrogens is 2. The third-order valence-corrected chi connectivity index (χ3v) is 2.57. The molecule has 0 radical (unpaired) electrons. The zero-order valence-corrected chi connectivity index (χ0v) is 11.1. The van der Waals surface area contributed by atoms with Crippen LogP contribution in [-0.4, -0.2) is 21.6 Å². The second-order valence-corrected chi connectivity index (χ2v) is 4.18. The summed E-state index contributed by atoms with van der Waals surface area (Å²) in [5, 5.41) is 11.9. The van der Waals surface area contributed by atoms with E-state index in [1.54, 1.807) is 24.3 Å². The predicted molar refractivity (Wildman–Crippen MR) is 73.2 cm³/mol. The van der Waals surface area contributed by atoms with Crippen molar-refractivity contribution < 1.29 is 14.2 Å². The summed E-state index contributed by atoms with van der Waals surface area (Å²) in [4.78, 5) is 7.81. The lowest BCUT2D eigenvalue weighted by atomic mass is 10.2. The summed E-state index contributed by atoms with van der Waals surface area (Å²) in [5.74, 6) is 0.0186. The molecule has 5 nitrogen and oxygen atoms in total. The largest absolute Gasteiger partial charge is 0.436 e. The van der Waals surface area contributed by atoms with Crippen molar-refractivity contribution in [3.05, 3.63) is 41.8 Å². The Hall–Kier alpha value is -2.21. The molecule has 0 saturated carbocycles. The molecule has 2 rings (SSSR count). The van der Waals surface area contributed by atoms with Crippen LogP contribution in [0, 0.1) is 5.82 Å². The first-order chi connectivity index (χ1) is 9.72. The molecule has 106 valence electrons. The molecule has 2 aromatic rings. The number of hydrogen-bond acceptors (Lipinski definition) is 5. The number of halogens is 1. The molecule has 1 aromatic carbocycles. The van der Waals surface area contributed by atoms with Gasteiger partial charge in [0.1, 0.15) is 5.75 Å². The van der Waals surface area contributed by atoms with E-state index in [9.17, 15) is 4.39 Å². The molecule has 6 heteroatoms. The van der Waals surface area contributed by atoms with E-state index in [0.717, 1.165) is 18.2 Å². The topological polar surface area (TPSA) is 67.3 Å². The first-order valence-corrected chi connectivity index (χ1v) is 6.37. The highest BCUT2D eigenvalue weighted by molar-refractivity contribution is 5.33. The van der Waals surface area contributed by atoms with E-state index in [1.165, 1.54) is 0 Å². The van der Waals surface area contributed by atoms with E-state index in [1.807, 2.05) is 6.92 Å². The number of ether oxygens (including phenoxy) is 1. The summed E-state index contributed by atoms with van der Waals surface area (Å²) in [7, 11) is 0. The average Bonchev–Trinajstić information content (AvgIpc) is 2.49. The summed E-state index contributed by atoms with van der Waals surface area (Å²) in [6.45, 7) is 2.67. The smallest absolute Gasteiger partial charge is 0.260 e. The number of benzene rings is 1. The lowest BCUT2D eigenvalue weighted by molar-refractivity contribution is 0.281. The molecule has 0 bridgehead atoms. The molecule has 0 saturated heterocycles. The van der Waals surface area contributed by atoms with Crippen molar-refractivity contribution in [1.82, 2.24) is 9.97 Å². The standard InChI is InChI=1S/C14H16FN3O2/c1-2-7-16-14-17-8-12(15)13(18-14)20-11-5-3-10(9-19)4-6-11/h3-6,8,19H,2,7,9H2,1H3,(H,16,17,18). The number of anilines is 1. The Morgan fingerprint density at radius 2 is 2.05 bits per heavy atom. The van der Waals surface area contributed by atoms with Crippen LogP contribution in [0.2, 0.25) is 0 Å². The SMILES string of the molecule is CCCNc1ncc(F)c(Oc2ccc(CO)cc2)n1. The molecule has 0 atom stereocenters. The normalized spacial score (nSPS) is 10.3. The van der Waals surface area contributed by atoms with E-state index >= 15 is 0 Å². The monoisotopic (exact) mass is 277 g/mol. The maximum absolute atomic E-state index is 13.6. The van der Waals surface area contributed by atoms with Crippen LogP contribution in [0.15, 0.2) is 30.5 Å². The van der Waals surface area contributed by atoms with Gasteiger partial charge in [0.2, 0.25) is 11.8 Å². The third kappa shape index (κ3) is 3.64. The number of aliphatic hydroxyl groups is 1. The fourth-order valence-electron chi connectivity index (χ4n) is 1.52. The number of rotatable bonds is 6. The molecule has 0 aliphatic rings. The molecule has 2 N–H and O–H groups in total. The van der Waals surface area contributed by atoms with E-state index in [2.05, 4.69) is 15.3 Å². The maximum atomic E-state index is 13.6. The Morgan fingerprint density at radius 3 is 2.70 bits per heavy atom. The first kappa shape index (κ1) is 14.2. The van der Waals surface area contributed by atoms with Crippen LogP contribution < -0.4 is 10.1 Å². The molecule has 1 heterocycles. The Balaban J connectivity index is 2.14. The van der Waals surface area contributed by atoms with Crippen LogP contribution in [0.4, 0.5) is 10.3 Å². The van der Waals surface area contributed by atoms with E-state index < -0.39 is 5.82 Å². The summed E-state index contributed by atoms with van der Waals surface area (Å²) >= 11 is 0. The summed E-state index contributed by atoms with van der Waals surface area (Å²) in [6.07, 6.45) is 1.99. The Labute approximate surface area is 116 Å². The fraction of sp³-hybridized carbons (Fsp3) is 0.286. The third-order valence-electron chi connectivity index (χ3n) is 2.57. The van der Waals surface area contributed by atoms with Crippen molar-refractivity contribution in [1.29, 1.82) is 0 Å². The lowest BCUT2D eigenvalue weighted by Gasteiger charge is -2.08. The molecule has 1 aromatic heterocycles. The number of nitrogens with zero attached hydrogens (tertiary/aromatic N) is 2. The maximum Gasteiger partial charge on any atom is 0.260 e. The molecule has 0 spiro atoms. The minimum absolute atomic E-state index is 0.0484. The molecule has 0 unspecified atom stereocenters. The zero-order chi connectivity index (χ0) is 14.4. The molecule has 0 fully saturated rings. The molecule has 0 aliphatic carbocycles. The van der Waals surface area contributed by atoms with Crippen LogP contribution >= 0.6 is 0 Å². The summed E-state index contributed by atoms with van der Waals surface area (Å²) in [5.41, 5.74) is 0.755. The number of aliphatic hydroxyl groups excluding tert-OH is 1. The predicted octanol–water partition coefficient (Wildman–Crippen LogP) is 2.72. The van der Waals surface area contributed by atoms with Crippen molar-refractivity contribution in [3.8, 4) is 11.6 Å². The fourth-order valence-corrected chi connectivity index (χ4v) is 1.52. The van der Waals surface area contributed by atoms with Crippen LogP contribution in [0.25, 0.3) is 0 Å². The Bertz CT molecular complexity index is 561. The minimum Gasteiger partial charge on any atom is -0.436 e. The van der Waals surface area contributed by atoms with Gasteiger partial charge in [-0.15, -0.1) is 0 Å². The summed E-state index contributed by atoms with van der Waals surface area (Å²) in [6, 6.07) is 6.69. The van der Waals surface area contributed by atoms with Gasteiger partial charge < -0.3 is 15.2 Å². The molecule has 0 aliphatic heterocycles. The molecule has 0 amide bonds. The van der Waals surface area contributed by atoms with Gasteiger partial charge in [-0.1, -0.05) is 19.1 Å². The highest BCUT2D eigenvalue weighted by atomic mass is 19.1. The molecular weight excluding hydrogens is 261 g/mol. The van der Waals surface area contributed by atoms with Gasteiger partial charge in [-0.2, -0.15) is 9.37 Å². The Morgan fingerprint density at radius 1 is 1.30 bits per heavy atom. The van der Waals surface area contributed by atoms with Crippen molar-refractivity contribution >= 4 is 5.95 Å². The van der Waals surface area contributed by atoms with Crippen molar-refractivity contribution in [2.24, 2.45) is 0 Å². The molecule has 20 heavy (non-hydrogen) atoms. The van der Waals surface area contributed by atoms with Crippen LogP contribution in [0.1, 0.15) is 18.9 Å². The van der Waals surface area contributed by atoms with E-state index in [4.69, 9.17) is 9.84 Å². The lowest BCUT2D eigenvalue weighted by Crippen LogP contribution is -2.05. The second-order valence-electron chi connectivity index (χ2n) is 4.18. The zero-order valence-electron chi connectivity index (χ0n) is 11.1. The van der Waals surface area contributed by atoms with Crippen LogP contribution in [0.3, 0.4) is 0 Å². The van der Waals surface area contributed by atoms with Gasteiger partial charge in [-0.3, -0.25) is 0 Å². The highest BCUT2D eigenvalue weighted by Crippen LogP contribution is 2.23. The van der Waals surface area contributed by atoms with Crippen molar-refractivity contribution in [2.45, 2.75) is 20.0 Å². The second kappa shape index (κ2) is 6.81. The van der Waals surface area contributed by atoms with Crippen LogP contribution in [0.5, 0.6) is 11.6 Å². The minimum atomic E-state index is -0.627. The van der Waals surface area contributed by atoms with Crippen molar-refractivity contribution in [2.75, 3.05) is 11.9 Å².